The monoisotopic (exact) mass is 385 g/mol. The van der Waals surface area contributed by atoms with E-state index in [0.29, 0.717) is 29.5 Å². The van der Waals surface area contributed by atoms with Crippen LogP contribution in [0, 0.1) is 5.82 Å². The highest BCUT2D eigenvalue weighted by Gasteiger charge is 2.20. The molecule has 0 saturated carbocycles. The summed E-state index contributed by atoms with van der Waals surface area (Å²) in [5, 5.41) is 1.37. The van der Waals surface area contributed by atoms with Crippen molar-refractivity contribution < 1.29 is 4.39 Å². The Morgan fingerprint density at radius 1 is 0.926 bits per heavy atom. The van der Waals surface area contributed by atoms with Crippen LogP contribution in [0.1, 0.15) is 11.4 Å². The van der Waals surface area contributed by atoms with Crippen molar-refractivity contribution in [3.8, 4) is 0 Å². The fourth-order valence-corrected chi connectivity index (χ4v) is 3.66. The predicted octanol–water partition coefficient (Wildman–Crippen LogP) is 3.32. The van der Waals surface area contributed by atoms with Crippen LogP contribution in [0.25, 0.3) is 10.9 Å². The molecular formula is C20H21ClFN5. The smallest absolute Gasteiger partial charge is 0.145 e. The topological polar surface area (TPSA) is 58.3 Å². The number of nitrogens with two attached hydrogens (primary N) is 1. The molecule has 4 rings (SSSR count). The first-order chi connectivity index (χ1) is 13.1. The van der Waals surface area contributed by atoms with E-state index in [1.165, 1.54) is 6.07 Å². The van der Waals surface area contributed by atoms with E-state index >= 15 is 0 Å². The summed E-state index contributed by atoms with van der Waals surface area (Å²) in [5.74, 6) is 1.00. The van der Waals surface area contributed by atoms with Gasteiger partial charge in [-0.05, 0) is 24.3 Å². The van der Waals surface area contributed by atoms with Gasteiger partial charge >= 0.3 is 0 Å². The van der Waals surface area contributed by atoms with Gasteiger partial charge in [-0.25, -0.2) is 14.4 Å². The number of aromatic nitrogens is 2. The first kappa shape index (κ1) is 18.1. The molecule has 1 fully saturated rings. The largest absolute Gasteiger partial charge is 0.383 e. The van der Waals surface area contributed by atoms with Gasteiger partial charge in [-0.1, -0.05) is 29.8 Å². The maximum atomic E-state index is 14.0. The van der Waals surface area contributed by atoms with E-state index in [4.69, 9.17) is 17.3 Å². The zero-order valence-electron chi connectivity index (χ0n) is 14.9. The molecule has 0 aliphatic carbocycles. The Labute approximate surface area is 162 Å². The van der Waals surface area contributed by atoms with Gasteiger partial charge in [0.2, 0.25) is 0 Å². The summed E-state index contributed by atoms with van der Waals surface area (Å²) in [6, 6.07) is 12.6. The number of nitrogens with zero attached hydrogens (tertiary/aromatic N) is 4. The third-order valence-electron chi connectivity index (χ3n) is 4.95. The van der Waals surface area contributed by atoms with Crippen molar-refractivity contribution in [2.24, 2.45) is 0 Å². The van der Waals surface area contributed by atoms with Crippen LogP contribution in [0.4, 0.5) is 10.2 Å². The van der Waals surface area contributed by atoms with Gasteiger partial charge in [0.15, 0.2) is 0 Å². The highest BCUT2D eigenvalue weighted by atomic mass is 35.5. The zero-order chi connectivity index (χ0) is 18.8. The van der Waals surface area contributed by atoms with E-state index in [1.807, 2.05) is 24.3 Å². The first-order valence-electron chi connectivity index (χ1n) is 8.99. The fraction of sp³-hybridized carbons (Fsp3) is 0.300. The second kappa shape index (κ2) is 7.76. The maximum Gasteiger partial charge on any atom is 0.145 e. The van der Waals surface area contributed by atoms with Crippen LogP contribution in [-0.2, 0) is 13.1 Å². The molecule has 2 N–H and O–H groups in total. The zero-order valence-corrected chi connectivity index (χ0v) is 15.7. The van der Waals surface area contributed by atoms with Crippen molar-refractivity contribution in [1.29, 1.82) is 0 Å². The maximum absolute atomic E-state index is 14.0. The van der Waals surface area contributed by atoms with E-state index < -0.39 is 0 Å². The van der Waals surface area contributed by atoms with Crippen LogP contribution < -0.4 is 5.73 Å². The van der Waals surface area contributed by atoms with Gasteiger partial charge in [-0.2, -0.15) is 0 Å². The average Bonchev–Trinajstić information content (AvgIpc) is 2.66. The van der Waals surface area contributed by atoms with Crippen LogP contribution in [0.15, 0.2) is 42.5 Å². The van der Waals surface area contributed by atoms with Crippen molar-refractivity contribution >= 4 is 28.3 Å². The lowest BCUT2D eigenvalue weighted by molar-refractivity contribution is 0.119. The summed E-state index contributed by atoms with van der Waals surface area (Å²) >= 11 is 6.14. The summed E-state index contributed by atoms with van der Waals surface area (Å²) in [6.07, 6.45) is 0. The van der Waals surface area contributed by atoms with Gasteiger partial charge in [-0.3, -0.25) is 9.80 Å². The minimum absolute atomic E-state index is 0.245. The van der Waals surface area contributed by atoms with Gasteiger partial charge < -0.3 is 5.73 Å². The van der Waals surface area contributed by atoms with E-state index in [9.17, 15) is 4.39 Å². The van der Waals surface area contributed by atoms with Crippen LogP contribution >= 0.6 is 11.6 Å². The molecule has 3 aromatic rings. The number of nitrogen functional groups attached to an aromatic ring is 1. The summed E-state index contributed by atoms with van der Waals surface area (Å²) in [5.41, 5.74) is 7.51. The molecule has 5 nitrogen and oxygen atoms in total. The van der Waals surface area contributed by atoms with E-state index in [0.717, 1.165) is 42.9 Å². The minimum Gasteiger partial charge on any atom is -0.383 e. The normalized spacial score (nSPS) is 16.1. The lowest BCUT2D eigenvalue weighted by Gasteiger charge is -2.34. The van der Waals surface area contributed by atoms with E-state index in [1.54, 1.807) is 12.1 Å². The van der Waals surface area contributed by atoms with Crippen molar-refractivity contribution in [1.82, 2.24) is 19.8 Å². The lowest BCUT2D eigenvalue weighted by atomic mass is 10.2. The Balaban J connectivity index is 1.38. The third-order valence-corrected chi connectivity index (χ3v) is 5.31. The summed E-state index contributed by atoms with van der Waals surface area (Å²) in [6.45, 7) is 4.59. The molecule has 0 amide bonds. The number of para-hydroxylation sites is 1. The van der Waals surface area contributed by atoms with Crippen LogP contribution in [0.3, 0.4) is 0 Å². The standard InChI is InChI=1S/C20H21ClFN5/c21-16-5-3-6-17(22)15(16)12-26-8-10-27(11-9-26)13-19-24-18-7-2-1-4-14(18)20(23)25-19/h1-7H,8-13H2,(H2,23,24,25). The molecule has 0 radical (unpaired) electrons. The predicted molar refractivity (Wildman–Crippen MR) is 106 cm³/mol. The van der Waals surface area contributed by atoms with Gasteiger partial charge in [0.25, 0.3) is 0 Å². The molecule has 27 heavy (non-hydrogen) atoms. The summed E-state index contributed by atoms with van der Waals surface area (Å²) < 4.78 is 14.0. The number of halogens is 2. The Bertz CT molecular complexity index is 936. The molecular weight excluding hydrogens is 365 g/mol. The molecule has 1 saturated heterocycles. The van der Waals surface area contributed by atoms with Gasteiger partial charge in [0.1, 0.15) is 17.5 Å². The van der Waals surface area contributed by atoms with Gasteiger partial charge in [0, 0.05) is 48.7 Å². The Morgan fingerprint density at radius 2 is 1.63 bits per heavy atom. The van der Waals surface area contributed by atoms with Crippen molar-refractivity contribution in [3.63, 3.8) is 0 Å². The SMILES string of the molecule is Nc1nc(CN2CCN(Cc3c(F)cccc3Cl)CC2)nc2ccccc12. The number of benzene rings is 2. The first-order valence-corrected chi connectivity index (χ1v) is 9.36. The number of hydrogen-bond donors (Lipinski definition) is 1. The molecule has 0 unspecified atom stereocenters. The number of rotatable bonds is 4. The van der Waals surface area contributed by atoms with Crippen molar-refractivity contribution in [2.75, 3.05) is 31.9 Å². The molecule has 1 aromatic heterocycles. The van der Waals surface area contributed by atoms with Crippen LogP contribution in [0.5, 0.6) is 0 Å². The Morgan fingerprint density at radius 3 is 2.37 bits per heavy atom. The highest BCUT2D eigenvalue weighted by molar-refractivity contribution is 6.31. The van der Waals surface area contributed by atoms with Gasteiger partial charge in [0.05, 0.1) is 12.1 Å². The van der Waals surface area contributed by atoms with Gasteiger partial charge in [-0.15, -0.1) is 0 Å². The quantitative estimate of drug-likeness (QED) is 0.746. The number of hydrogen-bond acceptors (Lipinski definition) is 5. The van der Waals surface area contributed by atoms with Crippen molar-refractivity contribution in [2.45, 2.75) is 13.1 Å². The molecule has 7 heteroatoms. The third kappa shape index (κ3) is 4.03. The number of anilines is 1. The molecule has 2 aromatic carbocycles. The molecule has 0 bridgehead atoms. The van der Waals surface area contributed by atoms with Crippen LogP contribution in [0.2, 0.25) is 5.02 Å². The molecule has 0 atom stereocenters. The second-order valence-electron chi connectivity index (χ2n) is 6.79. The lowest BCUT2D eigenvalue weighted by Crippen LogP contribution is -2.45. The highest BCUT2D eigenvalue weighted by Crippen LogP contribution is 2.22. The minimum atomic E-state index is -0.245. The Kier molecular flexibility index (Phi) is 5.20. The number of fused-ring (bicyclic) bond motifs is 1. The van der Waals surface area contributed by atoms with Crippen molar-refractivity contribution in [3.05, 3.63) is 64.7 Å². The molecule has 2 heterocycles. The molecule has 1 aliphatic heterocycles. The second-order valence-corrected chi connectivity index (χ2v) is 7.20. The summed E-state index contributed by atoms with van der Waals surface area (Å²) in [7, 11) is 0. The van der Waals surface area contributed by atoms with Crippen LogP contribution in [-0.4, -0.2) is 45.9 Å². The number of piperazine rings is 1. The summed E-state index contributed by atoms with van der Waals surface area (Å²) in [4.78, 5) is 13.6. The van der Waals surface area contributed by atoms with E-state index in [-0.39, 0.29) is 5.82 Å². The molecule has 140 valence electrons. The fourth-order valence-electron chi connectivity index (χ4n) is 3.43. The molecule has 1 aliphatic rings. The van der Waals surface area contributed by atoms with E-state index in [2.05, 4.69) is 19.8 Å². The Hall–Kier alpha value is -2.28. The molecule has 0 spiro atoms. The average molecular weight is 386 g/mol.